The molecule has 2 aromatic rings. The number of nitrogen functional groups attached to an aromatic ring is 1. The smallest absolute Gasteiger partial charge is 0.346 e. The number of benzene rings is 1. The van der Waals surface area contributed by atoms with Crippen LogP contribution in [0.2, 0.25) is 0 Å². The topological polar surface area (TPSA) is 178 Å². The number of anilines is 1. The third-order valence-electron chi connectivity index (χ3n) is 3.55. The van der Waals surface area contributed by atoms with Gasteiger partial charge in [0.25, 0.3) is 8.53 Å². The minimum Gasteiger partial charge on any atom is -0.508 e. The zero-order chi connectivity index (χ0) is 27.6. The minimum absolute atomic E-state index is 0.0237. The van der Waals surface area contributed by atoms with Gasteiger partial charge in [-0.25, -0.2) is 14.9 Å². The molecule has 0 saturated carbocycles. The highest BCUT2D eigenvalue weighted by atomic mass is 31.2. The fraction of sp³-hybridized carbons (Fsp3) is 0.522. The van der Waals surface area contributed by atoms with Crippen LogP contribution in [0.5, 0.6) is 5.75 Å². The van der Waals surface area contributed by atoms with Crippen LogP contribution >= 0.6 is 8.53 Å². The Labute approximate surface area is 214 Å². The van der Waals surface area contributed by atoms with Crippen LogP contribution in [0.4, 0.5) is 5.82 Å². The van der Waals surface area contributed by atoms with E-state index >= 15 is 0 Å². The number of carbonyl (C=O) groups is 1. The molecule has 36 heavy (non-hydrogen) atoms. The Balaban J connectivity index is 0. The summed E-state index contributed by atoms with van der Waals surface area (Å²) in [6.07, 6.45) is 3.12. The van der Waals surface area contributed by atoms with Gasteiger partial charge < -0.3 is 34.5 Å². The maximum atomic E-state index is 11.1. The number of nitrogens with one attached hydrogen (secondary N) is 2. The molecule has 2 unspecified atom stereocenters. The third-order valence-corrected chi connectivity index (χ3v) is 4.33. The molecule has 0 radical (unpaired) electrons. The van der Waals surface area contributed by atoms with Gasteiger partial charge in [0.15, 0.2) is 0 Å². The van der Waals surface area contributed by atoms with Crippen LogP contribution in [-0.4, -0.2) is 65.7 Å². The summed E-state index contributed by atoms with van der Waals surface area (Å²) in [5.41, 5.74) is 4.75. The second-order valence-corrected chi connectivity index (χ2v) is 7.71. The fourth-order valence-corrected chi connectivity index (χ4v) is 2.43. The average molecular weight is 533 g/mol. The van der Waals surface area contributed by atoms with Crippen molar-refractivity contribution in [1.82, 2.24) is 15.1 Å². The lowest BCUT2D eigenvalue weighted by Gasteiger charge is -2.13. The molecular formula is C23H41N4O8P. The predicted octanol–water partition coefficient (Wildman–Crippen LogP) is 2.93. The van der Waals surface area contributed by atoms with Gasteiger partial charge in [-0.3, -0.25) is 9.78 Å². The highest BCUT2D eigenvalue weighted by molar-refractivity contribution is 7.43. The number of para-hydroxylation sites is 1. The number of nitrogens with two attached hydrogens (primary N) is 1. The van der Waals surface area contributed by atoms with Crippen LogP contribution in [0.15, 0.2) is 47.4 Å². The summed E-state index contributed by atoms with van der Waals surface area (Å²) in [7, 11) is -0.330. The molecule has 2 atom stereocenters. The van der Waals surface area contributed by atoms with Crippen molar-refractivity contribution in [2.75, 3.05) is 39.4 Å². The van der Waals surface area contributed by atoms with Crippen molar-refractivity contribution < 1.29 is 33.5 Å². The maximum Gasteiger partial charge on any atom is 0.346 e. The lowest BCUT2D eigenvalue weighted by molar-refractivity contribution is -0.147. The molecule has 13 heteroatoms. The number of ether oxygens (including phenoxy) is 3. The van der Waals surface area contributed by atoms with Crippen molar-refractivity contribution in [2.45, 2.75) is 46.6 Å². The molecule has 1 aromatic heterocycles. The van der Waals surface area contributed by atoms with Gasteiger partial charge in [0.05, 0.1) is 19.3 Å². The van der Waals surface area contributed by atoms with Gasteiger partial charge >= 0.3 is 11.7 Å². The number of phenols is 1. The number of hydrogen-bond acceptors (Lipinski definition) is 11. The molecule has 1 aliphatic heterocycles. The minimum atomic E-state index is -1.69. The zero-order valence-corrected chi connectivity index (χ0v) is 22.6. The molecular weight excluding hydrogens is 491 g/mol. The lowest BCUT2D eigenvalue weighted by atomic mass is 10.2. The molecule has 3 rings (SSSR count). The summed E-state index contributed by atoms with van der Waals surface area (Å²) in [4.78, 5) is 35.9. The summed E-state index contributed by atoms with van der Waals surface area (Å²) in [6.45, 7) is 9.91. The van der Waals surface area contributed by atoms with Crippen LogP contribution in [0.3, 0.4) is 0 Å². The van der Waals surface area contributed by atoms with Gasteiger partial charge in [-0.1, -0.05) is 45.4 Å². The molecule has 1 aliphatic rings. The number of rotatable bonds is 7. The summed E-state index contributed by atoms with van der Waals surface area (Å²) < 4.78 is 19.0. The molecule has 0 bridgehead atoms. The maximum absolute atomic E-state index is 11.1. The first-order valence-electron chi connectivity index (χ1n) is 11.4. The fourth-order valence-electron chi connectivity index (χ4n) is 2.03. The van der Waals surface area contributed by atoms with Crippen molar-refractivity contribution in [1.29, 1.82) is 0 Å². The largest absolute Gasteiger partial charge is 0.508 e. The average Bonchev–Trinajstić information content (AvgIpc) is 3.45. The molecule has 0 spiro atoms. The number of esters is 1. The molecule has 1 saturated heterocycles. The number of phenolic OH excluding ortho intramolecular Hbond substituents is 1. The van der Waals surface area contributed by atoms with E-state index in [9.17, 15) is 9.59 Å². The first-order valence-corrected chi connectivity index (χ1v) is 12.7. The second kappa shape index (κ2) is 25.5. The Morgan fingerprint density at radius 2 is 1.86 bits per heavy atom. The Morgan fingerprint density at radius 1 is 1.25 bits per heavy atom. The van der Waals surface area contributed by atoms with Crippen LogP contribution in [-0.2, 0) is 23.5 Å². The Bertz CT molecular complexity index is 802. The van der Waals surface area contributed by atoms with Gasteiger partial charge in [0.2, 0.25) is 0 Å². The Kier molecular flexibility index (Phi) is 25.2. The van der Waals surface area contributed by atoms with E-state index in [0.717, 1.165) is 26.1 Å². The molecule has 1 aromatic carbocycles. The van der Waals surface area contributed by atoms with Gasteiger partial charge in [-0.15, -0.1) is 0 Å². The van der Waals surface area contributed by atoms with Gasteiger partial charge in [-0.2, -0.15) is 0 Å². The first kappa shape index (κ1) is 35.6. The normalized spacial score (nSPS) is 12.9. The van der Waals surface area contributed by atoms with E-state index in [1.807, 2.05) is 33.8 Å². The SMILES string of the molecule is C1COCO1.CC.CCCC(C)OC(=O)CNP(O)OC.Nc1ccnc(=O)[nH]1.Oc1ccccc1. The van der Waals surface area contributed by atoms with Crippen molar-refractivity contribution >= 4 is 20.3 Å². The summed E-state index contributed by atoms with van der Waals surface area (Å²) >= 11 is 0. The van der Waals surface area contributed by atoms with E-state index in [4.69, 9.17) is 29.9 Å². The quantitative estimate of drug-likeness (QED) is 0.261. The highest BCUT2D eigenvalue weighted by Crippen LogP contribution is 2.22. The monoisotopic (exact) mass is 532 g/mol. The molecule has 6 N–H and O–H groups in total. The first-order chi connectivity index (χ1) is 17.3. The van der Waals surface area contributed by atoms with E-state index < -0.39 is 14.2 Å². The van der Waals surface area contributed by atoms with Crippen molar-refractivity contribution in [3.8, 4) is 5.75 Å². The molecule has 206 valence electrons. The number of hydrogen-bond donors (Lipinski definition) is 5. The van der Waals surface area contributed by atoms with E-state index in [-0.39, 0.29) is 18.6 Å². The van der Waals surface area contributed by atoms with Crippen LogP contribution in [0.25, 0.3) is 0 Å². The van der Waals surface area contributed by atoms with Crippen molar-refractivity contribution in [2.24, 2.45) is 0 Å². The number of H-pyrrole nitrogens is 1. The van der Waals surface area contributed by atoms with Gasteiger partial charge in [0.1, 0.15) is 24.9 Å². The number of aromatic hydroxyl groups is 1. The summed E-state index contributed by atoms with van der Waals surface area (Å²) in [5, 5.41) is 11.1. The number of carbonyl (C=O) groups excluding carboxylic acids is 1. The summed E-state index contributed by atoms with van der Waals surface area (Å²) in [5.74, 6) is 0.289. The zero-order valence-electron chi connectivity index (χ0n) is 21.7. The lowest BCUT2D eigenvalue weighted by Crippen LogP contribution is -2.24. The molecule has 1 fully saturated rings. The Hall–Kier alpha value is -2.60. The van der Waals surface area contributed by atoms with E-state index in [1.54, 1.807) is 24.3 Å². The molecule has 12 nitrogen and oxygen atoms in total. The third kappa shape index (κ3) is 24.5. The van der Waals surface area contributed by atoms with Crippen LogP contribution in [0, 0.1) is 0 Å². The second-order valence-electron chi connectivity index (χ2n) is 6.48. The van der Waals surface area contributed by atoms with Gasteiger partial charge in [-0.05, 0) is 31.5 Å². The Morgan fingerprint density at radius 3 is 2.22 bits per heavy atom. The van der Waals surface area contributed by atoms with Crippen molar-refractivity contribution in [3.05, 3.63) is 53.1 Å². The molecule has 0 amide bonds. The van der Waals surface area contributed by atoms with E-state index in [0.29, 0.717) is 18.4 Å². The highest BCUT2D eigenvalue weighted by Gasteiger charge is 2.10. The van der Waals surface area contributed by atoms with E-state index in [2.05, 4.69) is 19.6 Å². The summed E-state index contributed by atoms with van der Waals surface area (Å²) in [6, 6.07) is 10.2. The number of aromatic nitrogens is 2. The standard InChI is InChI=1S/C8H18NO4P.C6H6O.C4H5N3O.C3H6O2.C2H6/c1-4-5-7(2)13-8(10)6-9-14(11)12-3;7-6-4-2-1-3-5-6;5-3-1-2-6-4(8)7-3;1-2-5-3-4-1;1-2/h7,9,11H,4-6H2,1-3H3;1-5,7H;1-2H,(H3,5,6,7,8);1-3H2;1-2H3. The van der Waals surface area contributed by atoms with Crippen LogP contribution < -0.4 is 16.5 Å². The number of nitrogens with zero attached hydrogens (tertiary/aromatic N) is 1. The van der Waals surface area contributed by atoms with Crippen molar-refractivity contribution in [3.63, 3.8) is 0 Å². The van der Waals surface area contributed by atoms with E-state index in [1.165, 1.54) is 19.4 Å². The van der Waals surface area contributed by atoms with Gasteiger partial charge in [0, 0.05) is 13.3 Å². The molecule has 0 aliphatic carbocycles. The molecule has 2 heterocycles. The number of aromatic amines is 1. The van der Waals surface area contributed by atoms with Crippen LogP contribution in [0.1, 0.15) is 40.5 Å². The predicted molar refractivity (Wildman–Crippen MR) is 140 cm³/mol.